The number of nitrogens with one attached hydrogen (secondary N) is 2. The van der Waals surface area contributed by atoms with Crippen LogP contribution in [0.4, 0.5) is 0 Å². The fourth-order valence-electron chi connectivity index (χ4n) is 2.46. The minimum Gasteiger partial charge on any atom is -0.350 e. The Hall–Kier alpha value is -1.35. The lowest BCUT2D eigenvalue weighted by Gasteiger charge is -2.24. The predicted octanol–water partition coefficient (Wildman–Crippen LogP) is 2.18. The van der Waals surface area contributed by atoms with Gasteiger partial charge in [-0.2, -0.15) is 0 Å². The van der Waals surface area contributed by atoms with E-state index in [1.54, 1.807) is 0 Å². The van der Waals surface area contributed by atoms with Crippen LogP contribution in [0.25, 0.3) is 0 Å². The third-order valence-electron chi connectivity index (χ3n) is 3.73. The van der Waals surface area contributed by atoms with Gasteiger partial charge in [0.25, 0.3) is 5.91 Å². The normalized spacial score (nSPS) is 23.1. The van der Waals surface area contributed by atoms with Gasteiger partial charge in [-0.05, 0) is 51.8 Å². The van der Waals surface area contributed by atoms with Gasteiger partial charge in [0.2, 0.25) is 0 Å². The molecule has 98 valence electrons. The maximum atomic E-state index is 12.2. The molecule has 1 heterocycles. The molecule has 2 rings (SSSR count). The first-order valence-electron chi connectivity index (χ1n) is 6.61. The molecule has 0 bridgehead atoms. The van der Waals surface area contributed by atoms with E-state index in [0.717, 1.165) is 29.7 Å². The summed E-state index contributed by atoms with van der Waals surface area (Å²) >= 11 is 0. The molecule has 1 amide bonds. The van der Waals surface area contributed by atoms with E-state index in [9.17, 15) is 4.79 Å². The van der Waals surface area contributed by atoms with Crippen LogP contribution in [0.2, 0.25) is 0 Å². The molecule has 0 aromatic heterocycles. The Bertz CT molecular complexity index is 448. The molecule has 1 aliphatic heterocycles. The van der Waals surface area contributed by atoms with Gasteiger partial charge in [-0.1, -0.05) is 17.7 Å². The molecule has 1 unspecified atom stereocenters. The predicted molar refractivity (Wildman–Crippen MR) is 73.9 cm³/mol. The highest BCUT2D eigenvalue weighted by molar-refractivity contribution is 5.95. The Balaban J connectivity index is 2.01. The lowest BCUT2D eigenvalue weighted by molar-refractivity contribution is 0.0942. The summed E-state index contributed by atoms with van der Waals surface area (Å²) < 4.78 is 0. The van der Waals surface area contributed by atoms with Gasteiger partial charge in [-0.25, -0.2) is 0 Å². The summed E-state index contributed by atoms with van der Waals surface area (Å²) in [7, 11) is 0. The molecule has 0 aliphatic carbocycles. The van der Waals surface area contributed by atoms with E-state index in [2.05, 4.69) is 17.6 Å². The van der Waals surface area contributed by atoms with Crippen molar-refractivity contribution in [1.82, 2.24) is 10.6 Å². The molecule has 1 aromatic rings. The van der Waals surface area contributed by atoms with Crippen LogP contribution < -0.4 is 10.6 Å². The van der Waals surface area contributed by atoms with Crippen molar-refractivity contribution < 1.29 is 4.79 Å². The van der Waals surface area contributed by atoms with E-state index in [1.807, 2.05) is 32.0 Å². The second-order valence-electron chi connectivity index (χ2n) is 5.59. The van der Waals surface area contributed by atoms with Crippen molar-refractivity contribution in [1.29, 1.82) is 0 Å². The molecular formula is C15H22N2O. The quantitative estimate of drug-likeness (QED) is 0.858. The maximum absolute atomic E-state index is 12.2. The van der Waals surface area contributed by atoms with Crippen LogP contribution in [0.15, 0.2) is 18.2 Å². The zero-order valence-corrected chi connectivity index (χ0v) is 11.5. The summed E-state index contributed by atoms with van der Waals surface area (Å²) in [6.07, 6.45) is 2.32. The summed E-state index contributed by atoms with van der Waals surface area (Å²) in [6.45, 7) is 7.90. The van der Waals surface area contributed by atoms with Gasteiger partial charge in [-0.15, -0.1) is 0 Å². The summed E-state index contributed by atoms with van der Waals surface area (Å²) in [5.74, 6) is 0.0334. The number of carbonyl (C=O) groups excluding carboxylic acids is 1. The second kappa shape index (κ2) is 5.11. The van der Waals surface area contributed by atoms with E-state index >= 15 is 0 Å². The molecule has 3 nitrogen and oxygen atoms in total. The van der Waals surface area contributed by atoms with Crippen molar-refractivity contribution in [2.24, 2.45) is 0 Å². The number of carbonyl (C=O) groups is 1. The van der Waals surface area contributed by atoms with Gasteiger partial charge < -0.3 is 10.6 Å². The first-order valence-corrected chi connectivity index (χ1v) is 6.61. The summed E-state index contributed by atoms with van der Waals surface area (Å²) in [5.41, 5.74) is 3.00. The maximum Gasteiger partial charge on any atom is 0.251 e. The summed E-state index contributed by atoms with van der Waals surface area (Å²) in [4.78, 5) is 12.2. The highest BCUT2D eigenvalue weighted by atomic mass is 16.1. The highest BCUT2D eigenvalue weighted by Gasteiger charge is 2.28. The fraction of sp³-hybridized carbons (Fsp3) is 0.533. The molecule has 1 saturated heterocycles. The highest BCUT2D eigenvalue weighted by Crippen LogP contribution is 2.17. The summed E-state index contributed by atoms with van der Waals surface area (Å²) in [5, 5.41) is 6.50. The molecule has 1 aliphatic rings. The Morgan fingerprint density at radius 1 is 1.44 bits per heavy atom. The van der Waals surface area contributed by atoms with Crippen molar-refractivity contribution >= 4 is 5.91 Å². The van der Waals surface area contributed by atoms with Gasteiger partial charge in [0.1, 0.15) is 0 Å². The van der Waals surface area contributed by atoms with E-state index in [1.165, 1.54) is 6.42 Å². The number of hydrogen-bond donors (Lipinski definition) is 2. The standard InChI is InChI=1S/C15H22N2O/c1-11-5-6-12(2)13(9-11)14(18)16-10-15(3)7-4-8-17-15/h5-6,9,17H,4,7-8,10H2,1-3H3,(H,16,18). The Kier molecular flexibility index (Phi) is 3.71. The summed E-state index contributed by atoms with van der Waals surface area (Å²) in [6, 6.07) is 5.99. The van der Waals surface area contributed by atoms with Crippen LogP contribution >= 0.6 is 0 Å². The van der Waals surface area contributed by atoms with Gasteiger partial charge in [-0.3, -0.25) is 4.79 Å². The topological polar surface area (TPSA) is 41.1 Å². The van der Waals surface area contributed by atoms with E-state index in [-0.39, 0.29) is 11.4 Å². The van der Waals surface area contributed by atoms with Crippen LogP contribution in [0.5, 0.6) is 0 Å². The van der Waals surface area contributed by atoms with E-state index in [0.29, 0.717) is 6.54 Å². The van der Waals surface area contributed by atoms with Crippen LogP contribution in [-0.2, 0) is 0 Å². The average Bonchev–Trinajstić information content (AvgIpc) is 2.77. The zero-order valence-electron chi connectivity index (χ0n) is 11.5. The third kappa shape index (κ3) is 2.91. The smallest absolute Gasteiger partial charge is 0.251 e. The van der Waals surface area contributed by atoms with Gasteiger partial charge in [0, 0.05) is 17.6 Å². The first kappa shape index (κ1) is 13.1. The SMILES string of the molecule is Cc1ccc(C)c(C(=O)NCC2(C)CCCN2)c1. The van der Waals surface area contributed by atoms with Gasteiger partial charge in [0.15, 0.2) is 0 Å². The molecule has 1 atom stereocenters. The monoisotopic (exact) mass is 246 g/mol. The van der Waals surface area contributed by atoms with Crippen molar-refractivity contribution in [2.75, 3.05) is 13.1 Å². The van der Waals surface area contributed by atoms with Crippen molar-refractivity contribution in [2.45, 2.75) is 39.2 Å². The lowest BCUT2D eigenvalue weighted by atomic mass is 10.00. The van der Waals surface area contributed by atoms with E-state index in [4.69, 9.17) is 0 Å². The molecule has 3 heteroatoms. The minimum atomic E-state index is 0.0334. The van der Waals surface area contributed by atoms with Crippen LogP contribution in [-0.4, -0.2) is 24.5 Å². The lowest BCUT2D eigenvalue weighted by Crippen LogP contribution is -2.47. The molecule has 0 saturated carbocycles. The molecule has 1 fully saturated rings. The number of hydrogen-bond acceptors (Lipinski definition) is 2. The third-order valence-corrected chi connectivity index (χ3v) is 3.73. The average molecular weight is 246 g/mol. The molecule has 2 N–H and O–H groups in total. The van der Waals surface area contributed by atoms with Gasteiger partial charge in [0.05, 0.1) is 0 Å². The van der Waals surface area contributed by atoms with Crippen molar-refractivity contribution in [3.05, 3.63) is 34.9 Å². The molecular weight excluding hydrogens is 224 g/mol. The molecule has 18 heavy (non-hydrogen) atoms. The second-order valence-corrected chi connectivity index (χ2v) is 5.59. The first-order chi connectivity index (χ1) is 8.50. The Morgan fingerprint density at radius 2 is 2.22 bits per heavy atom. The Morgan fingerprint density at radius 3 is 2.89 bits per heavy atom. The molecule has 0 radical (unpaired) electrons. The number of benzene rings is 1. The van der Waals surface area contributed by atoms with Gasteiger partial charge >= 0.3 is 0 Å². The van der Waals surface area contributed by atoms with E-state index < -0.39 is 0 Å². The minimum absolute atomic E-state index is 0.0334. The number of amides is 1. The molecule has 1 aromatic carbocycles. The van der Waals surface area contributed by atoms with Crippen LogP contribution in [0, 0.1) is 13.8 Å². The van der Waals surface area contributed by atoms with Crippen molar-refractivity contribution in [3.8, 4) is 0 Å². The number of aryl methyl sites for hydroxylation is 2. The largest absolute Gasteiger partial charge is 0.350 e. The number of rotatable bonds is 3. The van der Waals surface area contributed by atoms with Crippen molar-refractivity contribution in [3.63, 3.8) is 0 Å². The van der Waals surface area contributed by atoms with Crippen LogP contribution in [0.3, 0.4) is 0 Å². The fourth-order valence-corrected chi connectivity index (χ4v) is 2.46. The Labute approximate surface area is 109 Å². The zero-order chi connectivity index (χ0) is 13.2. The van der Waals surface area contributed by atoms with Crippen LogP contribution in [0.1, 0.15) is 41.3 Å². The molecule has 0 spiro atoms.